The van der Waals surface area contributed by atoms with Gasteiger partial charge >= 0.3 is 0 Å². The van der Waals surface area contributed by atoms with Gasteiger partial charge in [-0.1, -0.05) is 42.5 Å². The number of aliphatic hydroxyl groups is 1. The minimum atomic E-state index is -0.532. The molecule has 5 rings (SSSR count). The minimum Gasteiger partial charge on any atom is -0.390 e. The molecule has 5 heteroatoms. The van der Waals surface area contributed by atoms with Crippen LogP contribution < -0.4 is 5.32 Å². The van der Waals surface area contributed by atoms with E-state index in [2.05, 4.69) is 52.7 Å². The second kappa shape index (κ2) is 8.95. The molecule has 0 radical (unpaired) electrons. The second-order valence-corrected chi connectivity index (χ2v) is 8.96. The molecule has 3 aliphatic heterocycles. The number of hydrogen-bond acceptors (Lipinski definition) is 4. The minimum absolute atomic E-state index is 0.0510. The van der Waals surface area contributed by atoms with Crippen LogP contribution in [0.4, 0.5) is 0 Å². The number of nitrogens with one attached hydrogen (secondary N) is 1. The molecule has 0 saturated carbocycles. The number of β-amino-alcohol motifs (C(OH)–C–C–N with tert-alkyl or cyclic N) is 1. The van der Waals surface area contributed by atoms with Crippen LogP contribution in [-0.2, 0) is 19.4 Å². The summed E-state index contributed by atoms with van der Waals surface area (Å²) in [6.45, 7) is 5.43. The molecule has 2 aromatic rings. The largest absolute Gasteiger partial charge is 0.390 e. The summed E-state index contributed by atoms with van der Waals surface area (Å²) >= 11 is 0. The fourth-order valence-corrected chi connectivity index (χ4v) is 5.12. The number of rotatable bonds is 5. The van der Waals surface area contributed by atoms with Crippen molar-refractivity contribution in [2.75, 3.05) is 39.3 Å². The standard InChI is InChI=1S/C26H31N3O2/c30-24(17-28-13-9-19-3-1-2-4-23(19)16-28)18-29-14-10-22-15-21(5-6-25(22)26(29)31)20-7-11-27-12-8-20/h1-7,15,24,27,30H,8-14,16-18H2/t24-/m1/s1. The van der Waals surface area contributed by atoms with Gasteiger partial charge < -0.3 is 15.3 Å². The van der Waals surface area contributed by atoms with Crippen molar-refractivity contribution in [3.05, 3.63) is 76.4 Å². The van der Waals surface area contributed by atoms with Gasteiger partial charge in [-0.15, -0.1) is 0 Å². The zero-order valence-electron chi connectivity index (χ0n) is 18.0. The molecule has 0 spiro atoms. The Hall–Kier alpha value is -2.47. The van der Waals surface area contributed by atoms with Gasteiger partial charge in [0.05, 0.1) is 6.10 Å². The van der Waals surface area contributed by atoms with E-state index < -0.39 is 6.10 Å². The third-order valence-corrected chi connectivity index (χ3v) is 6.82. The zero-order valence-corrected chi connectivity index (χ0v) is 18.0. The van der Waals surface area contributed by atoms with Gasteiger partial charge in [0.25, 0.3) is 5.91 Å². The van der Waals surface area contributed by atoms with Crippen LogP contribution >= 0.6 is 0 Å². The van der Waals surface area contributed by atoms with Crippen LogP contribution in [0.2, 0.25) is 0 Å². The Morgan fingerprint density at radius 1 is 0.968 bits per heavy atom. The van der Waals surface area contributed by atoms with Crippen molar-refractivity contribution in [1.29, 1.82) is 0 Å². The van der Waals surface area contributed by atoms with Gasteiger partial charge in [0.15, 0.2) is 0 Å². The van der Waals surface area contributed by atoms with Crippen molar-refractivity contribution in [1.82, 2.24) is 15.1 Å². The molecule has 31 heavy (non-hydrogen) atoms. The van der Waals surface area contributed by atoms with E-state index in [4.69, 9.17) is 0 Å². The molecule has 0 unspecified atom stereocenters. The summed E-state index contributed by atoms with van der Waals surface area (Å²) in [4.78, 5) is 17.2. The molecule has 0 aromatic heterocycles. The predicted molar refractivity (Wildman–Crippen MR) is 123 cm³/mol. The maximum atomic E-state index is 13.1. The Bertz CT molecular complexity index is 1000. The summed E-state index contributed by atoms with van der Waals surface area (Å²) in [5.74, 6) is 0.0510. The first kappa shape index (κ1) is 20.4. The molecule has 2 N–H and O–H groups in total. The van der Waals surface area contributed by atoms with E-state index in [0.29, 0.717) is 19.6 Å². The summed E-state index contributed by atoms with van der Waals surface area (Å²) < 4.78 is 0. The first-order chi connectivity index (χ1) is 15.2. The van der Waals surface area contributed by atoms with E-state index >= 15 is 0 Å². The quantitative estimate of drug-likeness (QED) is 0.785. The molecule has 2 aromatic carbocycles. The van der Waals surface area contributed by atoms with Gasteiger partial charge in [0, 0.05) is 44.8 Å². The lowest BCUT2D eigenvalue weighted by molar-refractivity contribution is 0.0493. The monoisotopic (exact) mass is 417 g/mol. The van der Waals surface area contributed by atoms with E-state index in [1.807, 2.05) is 11.0 Å². The van der Waals surface area contributed by atoms with Gasteiger partial charge in [-0.25, -0.2) is 0 Å². The van der Waals surface area contributed by atoms with Gasteiger partial charge in [-0.05, 0) is 59.7 Å². The number of nitrogens with zero attached hydrogens (tertiary/aromatic N) is 2. The highest BCUT2D eigenvalue weighted by molar-refractivity contribution is 5.97. The number of benzene rings is 2. The Labute approximate surface area is 184 Å². The molecule has 0 saturated heterocycles. The lowest BCUT2D eigenvalue weighted by Crippen LogP contribution is -2.46. The Morgan fingerprint density at radius 2 is 1.81 bits per heavy atom. The highest BCUT2D eigenvalue weighted by Gasteiger charge is 2.27. The van der Waals surface area contributed by atoms with Gasteiger partial charge in [0.1, 0.15) is 0 Å². The van der Waals surface area contributed by atoms with Crippen molar-refractivity contribution >= 4 is 11.5 Å². The smallest absolute Gasteiger partial charge is 0.254 e. The molecule has 3 heterocycles. The normalized spacial score (nSPS) is 20.1. The Morgan fingerprint density at radius 3 is 2.65 bits per heavy atom. The van der Waals surface area contributed by atoms with E-state index in [9.17, 15) is 9.90 Å². The first-order valence-corrected chi connectivity index (χ1v) is 11.5. The fourth-order valence-electron chi connectivity index (χ4n) is 5.12. The summed E-state index contributed by atoms with van der Waals surface area (Å²) in [5, 5.41) is 14.1. The maximum Gasteiger partial charge on any atom is 0.254 e. The van der Waals surface area contributed by atoms with Crippen LogP contribution in [0.5, 0.6) is 0 Å². The zero-order chi connectivity index (χ0) is 21.2. The summed E-state index contributed by atoms with van der Waals surface area (Å²) in [6.07, 6.45) is 4.62. The molecule has 1 amide bonds. The van der Waals surface area contributed by atoms with E-state index in [0.717, 1.165) is 56.6 Å². The summed E-state index contributed by atoms with van der Waals surface area (Å²) in [6, 6.07) is 14.8. The van der Waals surface area contributed by atoms with Crippen molar-refractivity contribution in [3.8, 4) is 0 Å². The summed E-state index contributed by atoms with van der Waals surface area (Å²) in [5.41, 5.74) is 7.31. The van der Waals surface area contributed by atoms with E-state index in [1.54, 1.807) is 0 Å². The van der Waals surface area contributed by atoms with Crippen molar-refractivity contribution in [3.63, 3.8) is 0 Å². The predicted octanol–water partition coefficient (Wildman–Crippen LogP) is 2.48. The highest BCUT2D eigenvalue weighted by Crippen LogP contribution is 2.26. The van der Waals surface area contributed by atoms with Crippen molar-refractivity contribution in [2.45, 2.75) is 31.9 Å². The Kier molecular flexibility index (Phi) is 5.90. The first-order valence-electron chi connectivity index (χ1n) is 11.5. The summed E-state index contributed by atoms with van der Waals surface area (Å²) in [7, 11) is 0. The molecule has 162 valence electrons. The highest BCUT2D eigenvalue weighted by atomic mass is 16.3. The van der Waals surface area contributed by atoms with Crippen LogP contribution in [0.15, 0.2) is 48.5 Å². The van der Waals surface area contributed by atoms with Gasteiger partial charge in [-0.2, -0.15) is 0 Å². The number of carbonyl (C=O) groups excluding carboxylic acids is 1. The van der Waals surface area contributed by atoms with Crippen LogP contribution in [0, 0.1) is 0 Å². The number of carbonyl (C=O) groups is 1. The lowest BCUT2D eigenvalue weighted by Gasteiger charge is -2.34. The molecule has 0 bridgehead atoms. The number of hydrogen-bond donors (Lipinski definition) is 2. The van der Waals surface area contributed by atoms with E-state index in [1.165, 1.54) is 22.3 Å². The Balaban J connectivity index is 1.21. The molecule has 1 atom stereocenters. The number of amides is 1. The second-order valence-electron chi connectivity index (χ2n) is 8.96. The van der Waals surface area contributed by atoms with Crippen LogP contribution in [0.1, 0.15) is 39.0 Å². The average molecular weight is 418 g/mol. The molecule has 3 aliphatic rings. The third kappa shape index (κ3) is 4.45. The average Bonchev–Trinajstić information content (AvgIpc) is 2.81. The topological polar surface area (TPSA) is 55.8 Å². The van der Waals surface area contributed by atoms with E-state index in [-0.39, 0.29) is 5.91 Å². The van der Waals surface area contributed by atoms with Gasteiger partial charge in [-0.3, -0.25) is 9.69 Å². The third-order valence-electron chi connectivity index (χ3n) is 6.82. The van der Waals surface area contributed by atoms with Crippen LogP contribution in [0.3, 0.4) is 0 Å². The SMILES string of the molecule is O=C1c2ccc(C3=CCNCC3)cc2CCN1C[C@H](O)CN1CCc2ccccc2C1. The molecule has 0 fully saturated rings. The molecular weight excluding hydrogens is 386 g/mol. The van der Waals surface area contributed by atoms with Crippen LogP contribution in [-0.4, -0.2) is 66.2 Å². The van der Waals surface area contributed by atoms with Gasteiger partial charge in [0.2, 0.25) is 0 Å². The fraction of sp³-hybridized carbons (Fsp3) is 0.423. The van der Waals surface area contributed by atoms with Crippen LogP contribution in [0.25, 0.3) is 5.57 Å². The maximum absolute atomic E-state index is 13.1. The number of fused-ring (bicyclic) bond motifs is 2. The number of aliphatic hydroxyl groups excluding tert-OH is 1. The van der Waals surface area contributed by atoms with Crippen molar-refractivity contribution < 1.29 is 9.90 Å². The van der Waals surface area contributed by atoms with Crippen molar-refractivity contribution in [2.24, 2.45) is 0 Å². The molecule has 0 aliphatic carbocycles. The molecular formula is C26H31N3O2. The lowest BCUT2D eigenvalue weighted by atomic mass is 9.92. The molecule has 5 nitrogen and oxygen atoms in total.